The number of fused-ring (bicyclic) bond motifs is 1. The minimum Gasteiger partial charge on any atom is -0.497 e. The third-order valence-corrected chi connectivity index (χ3v) is 4.98. The topological polar surface area (TPSA) is 93.7 Å². The number of carbonyl (C=O) groups is 1. The van der Waals surface area contributed by atoms with Gasteiger partial charge in [-0.05, 0) is 42.0 Å². The molecule has 0 unspecified atom stereocenters. The largest absolute Gasteiger partial charge is 0.497 e. The molecular formula is C24H25N5O2. The van der Waals surface area contributed by atoms with Crippen LogP contribution in [0.2, 0.25) is 0 Å². The Hall–Kier alpha value is -3.84. The first-order valence-corrected chi connectivity index (χ1v) is 10.1. The van der Waals surface area contributed by atoms with Gasteiger partial charge in [-0.1, -0.05) is 30.3 Å². The average Bonchev–Trinajstić information content (AvgIpc) is 3.19. The molecule has 0 spiro atoms. The summed E-state index contributed by atoms with van der Waals surface area (Å²) in [6, 6.07) is 21.5. The van der Waals surface area contributed by atoms with Crippen molar-refractivity contribution in [2.75, 3.05) is 25.5 Å². The summed E-state index contributed by atoms with van der Waals surface area (Å²) in [6.45, 7) is 1.47. The van der Waals surface area contributed by atoms with Crippen LogP contribution in [-0.2, 0) is 6.54 Å². The second-order valence-electron chi connectivity index (χ2n) is 7.06. The number of anilines is 1. The number of carbonyl (C=O) groups excluding carboxylic acids is 1. The highest BCUT2D eigenvalue weighted by Gasteiger charge is 2.16. The fraction of sp³-hybridized carbons (Fsp3) is 0.167. The summed E-state index contributed by atoms with van der Waals surface area (Å²) in [5.74, 6) is 1.48. The van der Waals surface area contributed by atoms with Crippen LogP contribution >= 0.6 is 0 Å². The Labute approximate surface area is 180 Å². The third-order valence-electron chi connectivity index (χ3n) is 4.98. The van der Waals surface area contributed by atoms with E-state index in [4.69, 9.17) is 15.5 Å². The van der Waals surface area contributed by atoms with Crippen LogP contribution < -0.4 is 21.1 Å². The fourth-order valence-electron chi connectivity index (χ4n) is 3.37. The highest BCUT2D eigenvalue weighted by atomic mass is 16.5. The summed E-state index contributed by atoms with van der Waals surface area (Å²) in [4.78, 5) is 17.2. The number of nitrogens with two attached hydrogens (primary N) is 1. The Morgan fingerprint density at radius 3 is 2.58 bits per heavy atom. The molecule has 7 nitrogen and oxygen atoms in total. The quantitative estimate of drug-likeness (QED) is 0.411. The summed E-state index contributed by atoms with van der Waals surface area (Å²) >= 11 is 0. The smallest absolute Gasteiger partial charge is 0.251 e. The van der Waals surface area contributed by atoms with Crippen LogP contribution in [-0.4, -0.2) is 35.5 Å². The van der Waals surface area contributed by atoms with Crippen molar-refractivity contribution in [2.45, 2.75) is 6.54 Å². The van der Waals surface area contributed by atoms with Crippen LogP contribution in [0.1, 0.15) is 15.9 Å². The van der Waals surface area contributed by atoms with Crippen molar-refractivity contribution in [3.05, 3.63) is 84.1 Å². The lowest BCUT2D eigenvalue weighted by Crippen LogP contribution is -2.29. The number of rotatable bonds is 8. The number of hydrogen-bond acceptors (Lipinski definition) is 5. The molecule has 4 aromatic rings. The molecule has 0 bridgehead atoms. The number of ether oxygens (including phenoxy) is 1. The summed E-state index contributed by atoms with van der Waals surface area (Å²) in [6.07, 6.45) is 1.86. The number of amides is 1. The molecule has 0 aliphatic carbocycles. The van der Waals surface area contributed by atoms with E-state index in [-0.39, 0.29) is 5.91 Å². The van der Waals surface area contributed by atoms with E-state index >= 15 is 0 Å². The normalized spacial score (nSPS) is 10.8. The monoisotopic (exact) mass is 415 g/mol. The van der Waals surface area contributed by atoms with E-state index in [9.17, 15) is 4.79 Å². The molecule has 4 N–H and O–H groups in total. The van der Waals surface area contributed by atoms with Crippen molar-refractivity contribution in [2.24, 2.45) is 5.73 Å². The predicted octanol–water partition coefficient (Wildman–Crippen LogP) is 3.31. The molecule has 2 heterocycles. The third kappa shape index (κ3) is 4.51. The maximum Gasteiger partial charge on any atom is 0.251 e. The van der Waals surface area contributed by atoms with E-state index in [0.29, 0.717) is 30.8 Å². The van der Waals surface area contributed by atoms with Gasteiger partial charge >= 0.3 is 0 Å². The van der Waals surface area contributed by atoms with Crippen molar-refractivity contribution < 1.29 is 9.53 Å². The summed E-state index contributed by atoms with van der Waals surface area (Å²) < 4.78 is 7.24. The van der Waals surface area contributed by atoms with Crippen molar-refractivity contribution in [1.82, 2.24) is 14.7 Å². The molecule has 2 aromatic heterocycles. The van der Waals surface area contributed by atoms with Crippen molar-refractivity contribution in [3.8, 4) is 17.0 Å². The second-order valence-corrected chi connectivity index (χ2v) is 7.06. The van der Waals surface area contributed by atoms with Crippen molar-refractivity contribution in [1.29, 1.82) is 0 Å². The summed E-state index contributed by atoms with van der Waals surface area (Å²) in [7, 11) is 1.64. The number of aromatic nitrogens is 2. The average molecular weight is 415 g/mol. The van der Waals surface area contributed by atoms with E-state index in [0.717, 1.165) is 28.4 Å². The van der Waals surface area contributed by atoms with Gasteiger partial charge in [-0.2, -0.15) is 0 Å². The number of nitrogens with one attached hydrogen (secondary N) is 2. The lowest BCUT2D eigenvalue weighted by atomic mass is 10.1. The van der Waals surface area contributed by atoms with Gasteiger partial charge in [0.1, 0.15) is 22.9 Å². The molecule has 0 radical (unpaired) electrons. The number of methoxy groups -OCH3 is 1. The number of benzene rings is 2. The molecule has 0 saturated carbocycles. The molecule has 0 fully saturated rings. The first-order chi connectivity index (χ1) is 15.2. The SMILES string of the molecule is COc1ccc(-c2nc3cc(C(=O)NCCN)ccn3c2NCc2ccccc2)cc1. The Morgan fingerprint density at radius 1 is 1.10 bits per heavy atom. The minimum atomic E-state index is -0.166. The fourth-order valence-corrected chi connectivity index (χ4v) is 3.37. The molecule has 1 amide bonds. The van der Waals surface area contributed by atoms with E-state index in [2.05, 4.69) is 22.8 Å². The molecule has 4 rings (SSSR count). The summed E-state index contributed by atoms with van der Waals surface area (Å²) in [5, 5.41) is 6.31. The van der Waals surface area contributed by atoms with Crippen LogP contribution in [0.4, 0.5) is 5.82 Å². The zero-order valence-electron chi connectivity index (χ0n) is 17.3. The second kappa shape index (κ2) is 9.32. The zero-order chi connectivity index (χ0) is 21.6. The highest BCUT2D eigenvalue weighted by molar-refractivity contribution is 5.95. The molecule has 0 atom stereocenters. The Bertz CT molecular complexity index is 1170. The van der Waals surface area contributed by atoms with Crippen molar-refractivity contribution >= 4 is 17.4 Å². The van der Waals surface area contributed by atoms with Gasteiger partial charge in [-0.15, -0.1) is 0 Å². The van der Waals surface area contributed by atoms with Gasteiger partial charge < -0.3 is 21.1 Å². The van der Waals surface area contributed by atoms with E-state index < -0.39 is 0 Å². The van der Waals surface area contributed by atoms with Crippen LogP contribution in [0.3, 0.4) is 0 Å². The maximum atomic E-state index is 12.4. The van der Waals surface area contributed by atoms with Crippen LogP contribution in [0, 0.1) is 0 Å². The van der Waals surface area contributed by atoms with Crippen LogP contribution in [0.25, 0.3) is 16.9 Å². The lowest BCUT2D eigenvalue weighted by molar-refractivity contribution is 0.0954. The molecule has 158 valence electrons. The minimum absolute atomic E-state index is 0.166. The van der Waals surface area contributed by atoms with E-state index in [1.807, 2.05) is 53.1 Å². The molecule has 7 heteroatoms. The van der Waals surface area contributed by atoms with E-state index in [1.165, 1.54) is 0 Å². The van der Waals surface area contributed by atoms with Gasteiger partial charge in [-0.25, -0.2) is 4.98 Å². The molecule has 31 heavy (non-hydrogen) atoms. The number of pyridine rings is 1. The summed E-state index contributed by atoms with van der Waals surface area (Å²) in [5.41, 5.74) is 9.63. The standard InChI is InChI=1S/C24H25N5O2/c1-31-20-9-7-18(8-10-20)22-23(27-16-17-5-3-2-4-6-17)29-14-11-19(15-21(29)28-22)24(30)26-13-12-25/h2-11,14-15,27H,12-13,16,25H2,1H3,(H,26,30). The van der Waals surface area contributed by atoms with Crippen LogP contribution in [0.15, 0.2) is 72.9 Å². The molecular weight excluding hydrogens is 390 g/mol. The van der Waals surface area contributed by atoms with Gasteiger partial charge in [0.2, 0.25) is 0 Å². The van der Waals surface area contributed by atoms with E-state index in [1.54, 1.807) is 19.2 Å². The van der Waals surface area contributed by atoms with Gasteiger partial charge in [0.05, 0.1) is 7.11 Å². The number of nitrogens with zero attached hydrogens (tertiary/aromatic N) is 2. The highest BCUT2D eigenvalue weighted by Crippen LogP contribution is 2.30. The molecule has 0 aliphatic heterocycles. The number of imidazole rings is 1. The van der Waals surface area contributed by atoms with Crippen molar-refractivity contribution in [3.63, 3.8) is 0 Å². The lowest BCUT2D eigenvalue weighted by Gasteiger charge is -2.10. The van der Waals surface area contributed by atoms with Gasteiger partial charge in [0.15, 0.2) is 0 Å². The first-order valence-electron chi connectivity index (χ1n) is 10.1. The van der Waals surface area contributed by atoms with Gasteiger partial charge in [-0.3, -0.25) is 9.20 Å². The van der Waals surface area contributed by atoms with Crippen LogP contribution in [0.5, 0.6) is 5.75 Å². The molecule has 0 aliphatic rings. The Morgan fingerprint density at radius 2 is 1.87 bits per heavy atom. The maximum absolute atomic E-state index is 12.4. The molecule has 0 saturated heterocycles. The zero-order valence-corrected chi connectivity index (χ0v) is 17.3. The Balaban J connectivity index is 1.73. The predicted molar refractivity (Wildman–Crippen MR) is 122 cm³/mol. The molecule has 2 aromatic carbocycles. The Kier molecular flexibility index (Phi) is 6.14. The van der Waals surface area contributed by atoms with Gasteiger partial charge in [0.25, 0.3) is 5.91 Å². The van der Waals surface area contributed by atoms with Gasteiger partial charge in [0, 0.05) is 37.0 Å². The first kappa shape index (κ1) is 20.4. The number of hydrogen-bond donors (Lipinski definition) is 3.